The SMILES string of the molecule is Br[C@@H]1[C@H](Br)[C@H]2C(c3ccccc3)=NO[C@@H]12. The fourth-order valence-corrected chi connectivity index (χ4v) is 3.68. The van der Waals surface area contributed by atoms with Gasteiger partial charge >= 0.3 is 0 Å². The molecule has 0 radical (unpaired) electrons. The molecule has 3 rings (SSSR count). The molecular formula is C11H9Br2NO. The molecule has 0 amide bonds. The predicted molar refractivity (Wildman–Crippen MR) is 66.8 cm³/mol. The van der Waals surface area contributed by atoms with Gasteiger partial charge in [-0.15, -0.1) is 0 Å². The van der Waals surface area contributed by atoms with Crippen molar-refractivity contribution in [3.63, 3.8) is 0 Å². The molecule has 0 unspecified atom stereocenters. The molecule has 2 aliphatic rings. The van der Waals surface area contributed by atoms with Crippen molar-refractivity contribution in [1.82, 2.24) is 0 Å². The van der Waals surface area contributed by atoms with E-state index in [0.717, 1.165) is 11.3 Å². The highest BCUT2D eigenvalue weighted by Crippen LogP contribution is 2.46. The summed E-state index contributed by atoms with van der Waals surface area (Å²) in [6.07, 6.45) is 0.199. The smallest absolute Gasteiger partial charge is 0.150 e. The van der Waals surface area contributed by atoms with Crippen LogP contribution < -0.4 is 0 Å². The van der Waals surface area contributed by atoms with E-state index in [1.54, 1.807) is 0 Å². The van der Waals surface area contributed by atoms with Crippen LogP contribution in [0.2, 0.25) is 0 Å². The summed E-state index contributed by atoms with van der Waals surface area (Å²) in [7, 11) is 0. The van der Waals surface area contributed by atoms with Gasteiger partial charge in [-0.05, 0) is 5.56 Å². The standard InChI is InChI=1S/C11H9Br2NO/c12-8-7-10(6-4-2-1-3-5-6)14-15-11(7)9(8)13/h1-5,7-9,11H/t7-,8+,9+,11+/m0/s1. The van der Waals surface area contributed by atoms with Crippen molar-refractivity contribution in [1.29, 1.82) is 0 Å². The molecule has 4 heteroatoms. The highest BCUT2D eigenvalue weighted by Gasteiger charge is 2.56. The number of rotatable bonds is 1. The molecule has 4 atom stereocenters. The van der Waals surface area contributed by atoms with E-state index >= 15 is 0 Å². The Morgan fingerprint density at radius 1 is 1.07 bits per heavy atom. The fourth-order valence-electron chi connectivity index (χ4n) is 2.08. The fraction of sp³-hybridized carbons (Fsp3) is 0.364. The Bertz CT molecular complexity index is 406. The summed E-state index contributed by atoms with van der Waals surface area (Å²) in [5.41, 5.74) is 2.23. The van der Waals surface area contributed by atoms with E-state index in [4.69, 9.17) is 4.84 Å². The monoisotopic (exact) mass is 329 g/mol. The molecule has 1 aliphatic carbocycles. The number of hydrogen-bond acceptors (Lipinski definition) is 2. The molecule has 2 nitrogen and oxygen atoms in total. The summed E-state index contributed by atoms with van der Waals surface area (Å²) in [5.74, 6) is 0.386. The Balaban J connectivity index is 1.91. The quantitative estimate of drug-likeness (QED) is 0.725. The van der Waals surface area contributed by atoms with E-state index in [0.29, 0.717) is 15.6 Å². The lowest BCUT2D eigenvalue weighted by Gasteiger charge is -2.39. The lowest BCUT2D eigenvalue weighted by Crippen LogP contribution is -2.54. The van der Waals surface area contributed by atoms with E-state index in [1.807, 2.05) is 18.2 Å². The maximum Gasteiger partial charge on any atom is 0.150 e. The molecule has 1 aromatic carbocycles. The number of nitrogens with zero attached hydrogens (tertiary/aromatic N) is 1. The van der Waals surface area contributed by atoms with Gasteiger partial charge < -0.3 is 4.84 Å². The van der Waals surface area contributed by atoms with Crippen molar-refractivity contribution in [3.8, 4) is 0 Å². The molecule has 1 aromatic rings. The number of benzene rings is 1. The molecule has 1 fully saturated rings. The van der Waals surface area contributed by atoms with Gasteiger partial charge in [-0.1, -0.05) is 67.3 Å². The second-order valence-electron chi connectivity index (χ2n) is 3.83. The molecule has 15 heavy (non-hydrogen) atoms. The Morgan fingerprint density at radius 3 is 2.53 bits per heavy atom. The Hall–Kier alpha value is -0.350. The zero-order chi connectivity index (χ0) is 10.4. The van der Waals surface area contributed by atoms with Crippen molar-refractivity contribution in [3.05, 3.63) is 35.9 Å². The van der Waals surface area contributed by atoms with Crippen LogP contribution >= 0.6 is 31.9 Å². The van der Waals surface area contributed by atoms with Crippen LogP contribution in [-0.2, 0) is 4.84 Å². The van der Waals surface area contributed by atoms with Gasteiger partial charge in [-0.2, -0.15) is 0 Å². The maximum atomic E-state index is 5.41. The van der Waals surface area contributed by atoms with Crippen molar-refractivity contribution < 1.29 is 4.84 Å². The van der Waals surface area contributed by atoms with Crippen LogP contribution in [0.4, 0.5) is 0 Å². The summed E-state index contributed by atoms with van der Waals surface area (Å²) in [5, 5.41) is 4.19. The minimum Gasteiger partial charge on any atom is -0.390 e. The zero-order valence-electron chi connectivity index (χ0n) is 7.81. The first-order valence-electron chi connectivity index (χ1n) is 4.86. The molecule has 0 bridgehead atoms. The highest BCUT2D eigenvalue weighted by molar-refractivity contribution is 9.12. The average molecular weight is 331 g/mol. The van der Waals surface area contributed by atoms with E-state index in [1.165, 1.54) is 0 Å². The Morgan fingerprint density at radius 2 is 1.80 bits per heavy atom. The lowest BCUT2D eigenvalue weighted by atomic mass is 9.77. The topological polar surface area (TPSA) is 21.6 Å². The minimum absolute atomic E-state index is 0.199. The normalized spacial score (nSPS) is 37.6. The average Bonchev–Trinajstić information content (AvgIpc) is 2.70. The van der Waals surface area contributed by atoms with Crippen molar-refractivity contribution in [2.45, 2.75) is 15.8 Å². The van der Waals surface area contributed by atoms with Crippen LogP contribution in [0.25, 0.3) is 0 Å². The molecule has 0 N–H and O–H groups in total. The van der Waals surface area contributed by atoms with Crippen molar-refractivity contribution in [2.24, 2.45) is 11.1 Å². The first-order valence-corrected chi connectivity index (χ1v) is 6.69. The second-order valence-corrected chi connectivity index (χ2v) is 5.94. The summed E-state index contributed by atoms with van der Waals surface area (Å²) in [6.45, 7) is 0. The second kappa shape index (κ2) is 3.59. The molecule has 1 heterocycles. The molecule has 0 saturated heterocycles. The number of halogens is 2. The number of oxime groups is 1. The van der Waals surface area contributed by atoms with Crippen LogP contribution in [0.1, 0.15) is 5.56 Å². The van der Waals surface area contributed by atoms with Crippen LogP contribution in [0.15, 0.2) is 35.5 Å². The van der Waals surface area contributed by atoms with Gasteiger partial charge in [0.15, 0.2) is 6.10 Å². The number of alkyl halides is 2. The maximum absolute atomic E-state index is 5.41. The van der Waals surface area contributed by atoms with Crippen LogP contribution in [0, 0.1) is 5.92 Å². The van der Waals surface area contributed by atoms with Gasteiger partial charge in [0, 0.05) is 4.83 Å². The summed E-state index contributed by atoms with van der Waals surface area (Å²) in [6, 6.07) is 10.2. The van der Waals surface area contributed by atoms with Crippen molar-refractivity contribution >= 4 is 37.6 Å². The summed E-state index contributed by atoms with van der Waals surface area (Å²) in [4.78, 5) is 6.20. The summed E-state index contributed by atoms with van der Waals surface area (Å²) < 4.78 is 0. The predicted octanol–water partition coefficient (Wildman–Crippen LogP) is 2.95. The largest absolute Gasteiger partial charge is 0.390 e. The van der Waals surface area contributed by atoms with Gasteiger partial charge in [0.2, 0.25) is 0 Å². The van der Waals surface area contributed by atoms with Gasteiger partial charge in [0.1, 0.15) is 0 Å². The first-order chi connectivity index (χ1) is 7.29. The summed E-state index contributed by atoms with van der Waals surface area (Å²) >= 11 is 7.25. The molecule has 1 saturated carbocycles. The molecular weight excluding hydrogens is 322 g/mol. The zero-order valence-corrected chi connectivity index (χ0v) is 11.0. The minimum atomic E-state index is 0.199. The third-order valence-electron chi connectivity index (χ3n) is 2.97. The van der Waals surface area contributed by atoms with Gasteiger partial charge in [0.05, 0.1) is 16.5 Å². The third kappa shape index (κ3) is 1.38. The Labute approximate surface area is 105 Å². The van der Waals surface area contributed by atoms with E-state index in [9.17, 15) is 0 Å². The van der Waals surface area contributed by atoms with E-state index in [-0.39, 0.29) is 6.10 Å². The van der Waals surface area contributed by atoms with Crippen LogP contribution in [-0.4, -0.2) is 21.5 Å². The third-order valence-corrected chi connectivity index (χ3v) is 5.91. The van der Waals surface area contributed by atoms with Gasteiger partial charge in [-0.25, -0.2) is 0 Å². The Kier molecular flexibility index (Phi) is 2.36. The van der Waals surface area contributed by atoms with Crippen LogP contribution in [0.5, 0.6) is 0 Å². The number of hydrogen-bond donors (Lipinski definition) is 0. The van der Waals surface area contributed by atoms with Gasteiger partial charge in [0.25, 0.3) is 0 Å². The highest BCUT2D eigenvalue weighted by atomic mass is 79.9. The molecule has 0 aromatic heterocycles. The molecule has 0 spiro atoms. The van der Waals surface area contributed by atoms with Crippen LogP contribution in [0.3, 0.4) is 0 Å². The molecule has 1 aliphatic heterocycles. The molecule has 78 valence electrons. The number of fused-ring (bicyclic) bond motifs is 1. The first kappa shape index (κ1) is 9.85. The van der Waals surface area contributed by atoms with E-state index in [2.05, 4.69) is 49.1 Å². The van der Waals surface area contributed by atoms with Crippen molar-refractivity contribution in [2.75, 3.05) is 0 Å². The lowest BCUT2D eigenvalue weighted by molar-refractivity contribution is 0.0235. The van der Waals surface area contributed by atoms with Gasteiger partial charge in [-0.3, -0.25) is 0 Å². The van der Waals surface area contributed by atoms with E-state index < -0.39 is 0 Å².